The lowest BCUT2D eigenvalue weighted by atomic mass is 10.1. The summed E-state index contributed by atoms with van der Waals surface area (Å²) >= 11 is 0. The van der Waals surface area contributed by atoms with Crippen LogP contribution in [0.1, 0.15) is 5.56 Å². The first kappa shape index (κ1) is 16.0. The molecule has 0 bridgehead atoms. The summed E-state index contributed by atoms with van der Waals surface area (Å²) in [6.07, 6.45) is 0.382. The fraction of sp³-hybridized carbons (Fsp3) is 0.571. The predicted molar refractivity (Wildman–Crippen MR) is 72.3 cm³/mol. The van der Waals surface area contributed by atoms with E-state index in [-0.39, 0.29) is 5.56 Å². The molecule has 0 aromatic heterocycles. The van der Waals surface area contributed by atoms with Crippen molar-refractivity contribution < 1.29 is 13.5 Å². The van der Waals surface area contributed by atoms with Gasteiger partial charge in [0.2, 0.25) is 0 Å². The van der Waals surface area contributed by atoms with Gasteiger partial charge >= 0.3 is 0 Å². The number of nitrogens with one attached hydrogen (secondary N) is 1. The Kier molecular flexibility index (Phi) is 7.55. The summed E-state index contributed by atoms with van der Waals surface area (Å²) in [7, 11) is 3.60. The summed E-state index contributed by atoms with van der Waals surface area (Å²) in [4.78, 5) is 2.05. The summed E-state index contributed by atoms with van der Waals surface area (Å²) < 4.78 is 31.7. The molecule has 1 aromatic rings. The fourth-order valence-electron chi connectivity index (χ4n) is 1.75. The molecule has 0 aliphatic heterocycles. The monoisotopic (exact) mass is 272 g/mol. The minimum atomic E-state index is -0.466. The van der Waals surface area contributed by atoms with Crippen LogP contribution in [0.25, 0.3) is 0 Å². The van der Waals surface area contributed by atoms with E-state index in [0.717, 1.165) is 19.6 Å². The van der Waals surface area contributed by atoms with Crippen LogP contribution >= 0.6 is 0 Å². The Morgan fingerprint density at radius 1 is 1.16 bits per heavy atom. The van der Waals surface area contributed by atoms with Crippen molar-refractivity contribution in [1.82, 2.24) is 10.2 Å². The average Bonchev–Trinajstić information content (AvgIpc) is 2.38. The van der Waals surface area contributed by atoms with Gasteiger partial charge in [-0.3, -0.25) is 0 Å². The van der Waals surface area contributed by atoms with E-state index in [0.29, 0.717) is 19.6 Å². The van der Waals surface area contributed by atoms with Gasteiger partial charge in [0, 0.05) is 38.9 Å². The Morgan fingerprint density at radius 2 is 1.84 bits per heavy atom. The van der Waals surface area contributed by atoms with Crippen LogP contribution < -0.4 is 5.32 Å². The summed E-state index contributed by atoms with van der Waals surface area (Å²) in [6, 6.07) is 3.98. The molecular formula is C14H22F2N2O. The van der Waals surface area contributed by atoms with Crippen LogP contribution in [0.15, 0.2) is 18.2 Å². The van der Waals surface area contributed by atoms with Crippen molar-refractivity contribution in [3.8, 4) is 0 Å². The molecule has 0 atom stereocenters. The molecule has 0 amide bonds. The summed E-state index contributed by atoms with van der Waals surface area (Å²) in [5, 5.41) is 3.22. The van der Waals surface area contributed by atoms with Crippen molar-refractivity contribution in [3.63, 3.8) is 0 Å². The number of halogens is 2. The lowest BCUT2D eigenvalue weighted by molar-refractivity contribution is 0.198. The van der Waals surface area contributed by atoms with E-state index in [1.54, 1.807) is 7.11 Å². The number of rotatable bonds is 9. The molecule has 5 heteroatoms. The Hall–Kier alpha value is -1.04. The highest BCUT2D eigenvalue weighted by molar-refractivity contribution is 5.19. The average molecular weight is 272 g/mol. The Morgan fingerprint density at radius 3 is 2.47 bits per heavy atom. The standard InChI is InChI=1S/C14H22F2N2O/c1-18(10-7-17-8-11-19-2)9-6-12-13(15)4-3-5-14(12)16/h3-5,17H,6-11H2,1-2H3. The molecular weight excluding hydrogens is 250 g/mol. The van der Waals surface area contributed by atoms with Crippen molar-refractivity contribution in [2.75, 3.05) is 46.9 Å². The lowest BCUT2D eigenvalue weighted by Crippen LogP contribution is -2.32. The van der Waals surface area contributed by atoms with Gasteiger partial charge in [-0.1, -0.05) is 6.07 Å². The van der Waals surface area contributed by atoms with Crippen molar-refractivity contribution in [1.29, 1.82) is 0 Å². The largest absolute Gasteiger partial charge is 0.383 e. The summed E-state index contributed by atoms with van der Waals surface area (Å²) in [6.45, 7) is 3.79. The van der Waals surface area contributed by atoms with E-state index in [9.17, 15) is 8.78 Å². The number of benzene rings is 1. The molecule has 0 saturated heterocycles. The van der Waals surface area contributed by atoms with Crippen molar-refractivity contribution in [2.24, 2.45) is 0 Å². The molecule has 0 heterocycles. The number of methoxy groups -OCH3 is 1. The van der Waals surface area contributed by atoms with Crippen molar-refractivity contribution in [3.05, 3.63) is 35.4 Å². The second-order valence-corrected chi connectivity index (χ2v) is 4.50. The second kappa shape index (κ2) is 8.96. The molecule has 0 aliphatic carbocycles. The first-order valence-electron chi connectivity index (χ1n) is 6.46. The topological polar surface area (TPSA) is 24.5 Å². The molecule has 1 N–H and O–H groups in total. The molecule has 0 spiro atoms. The SMILES string of the molecule is COCCNCCN(C)CCc1c(F)cccc1F. The lowest BCUT2D eigenvalue weighted by Gasteiger charge is -2.17. The van der Waals surface area contributed by atoms with Crippen LogP contribution in [0.3, 0.4) is 0 Å². The zero-order valence-corrected chi connectivity index (χ0v) is 11.6. The molecule has 1 rings (SSSR count). The van der Waals surface area contributed by atoms with Crippen LogP contribution in [-0.4, -0.2) is 51.8 Å². The van der Waals surface area contributed by atoms with E-state index < -0.39 is 11.6 Å². The first-order chi connectivity index (χ1) is 9.15. The van der Waals surface area contributed by atoms with Gasteiger partial charge in [0.05, 0.1) is 6.61 Å². The van der Waals surface area contributed by atoms with E-state index in [4.69, 9.17) is 4.74 Å². The van der Waals surface area contributed by atoms with Gasteiger partial charge in [-0.25, -0.2) is 8.78 Å². The zero-order chi connectivity index (χ0) is 14.1. The minimum absolute atomic E-state index is 0.168. The van der Waals surface area contributed by atoms with Gasteiger partial charge in [-0.15, -0.1) is 0 Å². The highest BCUT2D eigenvalue weighted by Gasteiger charge is 2.09. The van der Waals surface area contributed by atoms with Gasteiger partial charge in [0.25, 0.3) is 0 Å². The Balaban J connectivity index is 2.24. The zero-order valence-electron chi connectivity index (χ0n) is 11.6. The third-order valence-electron chi connectivity index (χ3n) is 2.96. The molecule has 3 nitrogen and oxygen atoms in total. The van der Waals surface area contributed by atoms with E-state index in [2.05, 4.69) is 5.32 Å². The molecule has 1 aromatic carbocycles. The van der Waals surface area contributed by atoms with Crippen LogP contribution in [0.2, 0.25) is 0 Å². The normalized spacial score (nSPS) is 11.2. The molecule has 0 saturated carbocycles. The number of hydrogen-bond donors (Lipinski definition) is 1. The first-order valence-corrected chi connectivity index (χ1v) is 6.46. The van der Waals surface area contributed by atoms with Gasteiger partial charge in [-0.05, 0) is 25.6 Å². The van der Waals surface area contributed by atoms with E-state index in [1.165, 1.54) is 18.2 Å². The van der Waals surface area contributed by atoms with E-state index >= 15 is 0 Å². The molecule has 19 heavy (non-hydrogen) atoms. The summed E-state index contributed by atoms with van der Waals surface area (Å²) in [5.41, 5.74) is 0.168. The van der Waals surface area contributed by atoms with E-state index in [1.807, 2.05) is 11.9 Å². The number of ether oxygens (including phenoxy) is 1. The molecule has 0 unspecified atom stereocenters. The summed E-state index contributed by atoms with van der Waals surface area (Å²) in [5.74, 6) is -0.932. The van der Waals surface area contributed by atoms with Crippen LogP contribution in [0, 0.1) is 11.6 Å². The minimum Gasteiger partial charge on any atom is -0.383 e. The van der Waals surface area contributed by atoms with Gasteiger partial charge in [-0.2, -0.15) is 0 Å². The number of nitrogens with zero attached hydrogens (tertiary/aromatic N) is 1. The second-order valence-electron chi connectivity index (χ2n) is 4.50. The van der Waals surface area contributed by atoms with Gasteiger partial charge < -0.3 is 15.0 Å². The molecule has 0 aliphatic rings. The number of likely N-dealkylation sites (N-methyl/N-ethyl adjacent to an activating group) is 1. The Bertz CT molecular complexity index is 354. The van der Waals surface area contributed by atoms with Crippen molar-refractivity contribution in [2.45, 2.75) is 6.42 Å². The molecule has 0 fully saturated rings. The maximum absolute atomic E-state index is 13.4. The number of hydrogen-bond acceptors (Lipinski definition) is 3. The van der Waals surface area contributed by atoms with Crippen LogP contribution in [-0.2, 0) is 11.2 Å². The van der Waals surface area contributed by atoms with Crippen LogP contribution in [0.5, 0.6) is 0 Å². The highest BCUT2D eigenvalue weighted by Crippen LogP contribution is 2.12. The maximum atomic E-state index is 13.4. The van der Waals surface area contributed by atoms with Crippen molar-refractivity contribution >= 4 is 0 Å². The van der Waals surface area contributed by atoms with Gasteiger partial charge in [0.1, 0.15) is 11.6 Å². The smallest absolute Gasteiger partial charge is 0.129 e. The Labute approximate surface area is 113 Å². The highest BCUT2D eigenvalue weighted by atomic mass is 19.1. The van der Waals surface area contributed by atoms with Crippen LogP contribution in [0.4, 0.5) is 8.78 Å². The third-order valence-corrected chi connectivity index (χ3v) is 2.96. The predicted octanol–water partition coefficient (Wildman–Crippen LogP) is 1.68. The third kappa shape index (κ3) is 6.09. The molecule has 108 valence electrons. The maximum Gasteiger partial charge on any atom is 0.129 e. The van der Waals surface area contributed by atoms with Gasteiger partial charge in [0.15, 0.2) is 0 Å². The fourth-order valence-corrected chi connectivity index (χ4v) is 1.75. The quantitative estimate of drug-likeness (QED) is 0.692. The molecule has 0 radical (unpaired) electrons.